The highest BCUT2D eigenvalue weighted by Crippen LogP contribution is 2.21. The van der Waals surface area contributed by atoms with Crippen molar-refractivity contribution < 1.29 is 9.53 Å². The van der Waals surface area contributed by atoms with Gasteiger partial charge >= 0.3 is 0 Å². The Morgan fingerprint density at radius 3 is 2.53 bits per heavy atom. The summed E-state index contributed by atoms with van der Waals surface area (Å²) in [5.74, 6) is -0.0410. The van der Waals surface area contributed by atoms with E-state index in [0.29, 0.717) is 0 Å². The second-order valence-electron chi connectivity index (χ2n) is 5.76. The zero-order valence-electron chi connectivity index (χ0n) is 11.8. The maximum absolute atomic E-state index is 12.0. The third kappa shape index (κ3) is 4.06. The van der Waals surface area contributed by atoms with Crippen molar-refractivity contribution in [2.24, 2.45) is 0 Å². The molecule has 104 valence electrons. The second-order valence-corrected chi connectivity index (χ2v) is 5.76. The molecule has 2 rings (SSSR count). The molecule has 0 unspecified atom stereocenters. The highest BCUT2D eigenvalue weighted by atomic mass is 16.5. The van der Waals surface area contributed by atoms with Gasteiger partial charge in [0.2, 0.25) is 5.91 Å². The van der Waals surface area contributed by atoms with Crippen LogP contribution in [0.2, 0.25) is 0 Å². The number of hydrogen-bond donors (Lipinski definition) is 1. The molecule has 0 aromatic heterocycles. The van der Waals surface area contributed by atoms with Crippen LogP contribution in [0, 0.1) is 0 Å². The van der Waals surface area contributed by atoms with Crippen molar-refractivity contribution >= 4 is 5.91 Å². The Labute approximate surface area is 115 Å². The molecule has 0 radical (unpaired) electrons. The van der Waals surface area contributed by atoms with Gasteiger partial charge in [0.25, 0.3) is 0 Å². The summed E-state index contributed by atoms with van der Waals surface area (Å²) < 4.78 is 5.63. The number of hydrogen-bond acceptors (Lipinski definition) is 2. The average molecular weight is 261 g/mol. The van der Waals surface area contributed by atoms with Gasteiger partial charge in [0.1, 0.15) is 6.61 Å². The largest absolute Gasteiger partial charge is 0.368 e. The third-order valence-corrected chi connectivity index (χ3v) is 3.70. The maximum Gasteiger partial charge on any atom is 0.246 e. The van der Waals surface area contributed by atoms with E-state index in [4.69, 9.17) is 4.74 Å². The molecule has 3 nitrogen and oxygen atoms in total. The molecule has 1 aliphatic carbocycles. The number of carbonyl (C=O) groups excluding carboxylic acids is 1. The van der Waals surface area contributed by atoms with E-state index in [9.17, 15) is 4.79 Å². The van der Waals surface area contributed by atoms with Crippen LogP contribution in [0.5, 0.6) is 0 Å². The first-order chi connectivity index (χ1) is 9.08. The van der Waals surface area contributed by atoms with Gasteiger partial charge in [0.15, 0.2) is 0 Å². The molecule has 1 aliphatic rings. The van der Waals surface area contributed by atoms with E-state index in [1.165, 1.54) is 12.8 Å². The minimum atomic E-state index is -0.364. The van der Waals surface area contributed by atoms with Crippen molar-refractivity contribution in [1.29, 1.82) is 0 Å². The fourth-order valence-corrected chi connectivity index (χ4v) is 2.56. The van der Waals surface area contributed by atoms with E-state index in [1.807, 2.05) is 44.2 Å². The summed E-state index contributed by atoms with van der Waals surface area (Å²) in [7, 11) is 0. The molecular weight excluding hydrogens is 238 g/mol. The predicted octanol–water partition coefficient (Wildman–Crippen LogP) is 3.00. The summed E-state index contributed by atoms with van der Waals surface area (Å²) in [5, 5.41) is 3.03. The summed E-state index contributed by atoms with van der Waals surface area (Å²) in [5.41, 5.74) is 0.737. The van der Waals surface area contributed by atoms with Gasteiger partial charge in [-0.3, -0.25) is 4.79 Å². The molecule has 1 N–H and O–H groups in total. The molecule has 0 heterocycles. The summed E-state index contributed by atoms with van der Waals surface area (Å²) in [4.78, 5) is 12.0. The number of amides is 1. The lowest BCUT2D eigenvalue weighted by Gasteiger charge is -2.27. The van der Waals surface area contributed by atoms with Gasteiger partial charge in [-0.25, -0.2) is 0 Å². The summed E-state index contributed by atoms with van der Waals surface area (Å²) in [6.07, 6.45) is 4.92. The van der Waals surface area contributed by atoms with Gasteiger partial charge in [-0.15, -0.1) is 0 Å². The van der Waals surface area contributed by atoms with Crippen molar-refractivity contribution in [3.8, 4) is 0 Å². The monoisotopic (exact) mass is 261 g/mol. The number of carbonyl (C=O) groups is 1. The Kier molecular flexibility index (Phi) is 4.59. The summed E-state index contributed by atoms with van der Waals surface area (Å²) in [6.45, 7) is 4.19. The van der Waals surface area contributed by atoms with Crippen molar-refractivity contribution in [2.75, 3.05) is 6.61 Å². The molecule has 0 atom stereocenters. The number of rotatable bonds is 5. The van der Waals surface area contributed by atoms with Gasteiger partial charge in [-0.05, 0) is 32.3 Å². The summed E-state index contributed by atoms with van der Waals surface area (Å²) >= 11 is 0. The Hall–Kier alpha value is -1.35. The first-order valence-corrected chi connectivity index (χ1v) is 7.06. The van der Waals surface area contributed by atoms with Crippen LogP contribution < -0.4 is 5.32 Å². The Balaban J connectivity index is 1.83. The normalized spacial score (nSPS) is 16.5. The van der Waals surface area contributed by atoms with E-state index < -0.39 is 0 Å². The second kappa shape index (κ2) is 6.20. The highest BCUT2D eigenvalue weighted by molar-refractivity contribution is 5.78. The lowest BCUT2D eigenvalue weighted by atomic mass is 9.94. The predicted molar refractivity (Wildman–Crippen MR) is 75.8 cm³/mol. The van der Waals surface area contributed by atoms with Crippen LogP contribution in [-0.2, 0) is 15.1 Å². The molecule has 1 amide bonds. The van der Waals surface area contributed by atoms with E-state index in [1.54, 1.807) is 0 Å². The van der Waals surface area contributed by atoms with Crippen LogP contribution in [-0.4, -0.2) is 18.6 Å². The molecule has 0 saturated heterocycles. The minimum Gasteiger partial charge on any atom is -0.368 e. The number of nitrogens with one attached hydrogen (secondary N) is 1. The zero-order valence-corrected chi connectivity index (χ0v) is 11.8. The Morgan fingerprint density at radius 1 is 1.26 bits per heavy atom. The van der Waals surface area contributed by atoms with Crippen molar-refractivity contribution in [1.82, 2.24) is 5.32 Å². The number of benzene rings is 1. The standard InChI is InChI=1S/C16H23NO2/c1-16(2,13-8-4-3-5-9-13)17-15(18)12-19-14-10-6-7-11-14/h3-5,8-9,14H,6-7,10-12H2,1-2H3,(H,17,18). The maximum atomic E-state index is 12.0. The van der Waals surface area contributed by atoms with Gasteiger partial charge in [-0.1, -0.05) is 43.2 Å². The van der Waals surface area contributed by atoms with Crippen LogP contribution in [0.4, 0.5) is 0 Å². The van der Waals surface area contributed by atoms with Crippen LogP contribution in [0.15, 0.2) is 30.3 Å². The quantitative estimate of drug-likeness (QED) is 0.885. The van der Waals surface area contributed by atoms with E-state index in [2.05, 4.69) is 5.32 Å². The van der Waals surface area contributed by atoms with Crippen LogP contribution in [0.3, 0.4) is 0 Å². The molecule has 1 aromatic carbocycles. The molecule has 1 fully saturated rings. The molecular formula is C16H23NO2. The average Bonchev–Trinajstić information content (AvgIpc) is 2.90. The van der Waals surface area contributed by atoms with Crippen molar-refractivity contribution in [3.05, 3.63) is 35.9 Å². The minimum absolute atomic E-state index is 0.0410. The third-order valence-electron chi connectivity index (χ3n) is 3.70. The van der Waals surface area contributed by atoms with Crippen LogP contribution in [0.25, 0.3) is 0 Å². The Bertz CT molecular complexity index is 408. The van der Waals surface area contributed by atoms with E-state index in [-0.39, 0.29) is 24.2 Å². The van der Waals surface area contributed by atoms with Crippen LogP contribution >= 0.6 is 0 Å². The van der Waals surface area contributed by atoms with E-state index in [0.717, 1.165) is 18.4 Å². The van der Waals surface area contributed by atoms with Crippen LogP contribution in [0.1, 0.15) is 45.1 Å². The fourth-order valence-electron chi connectivity index (χ4n) is 2.56. The van der Waals surface area contributed by atoms with Gasteiger partial charge in [0, 0.05) is 0 Å². The molecule has 1 aromatic rings. The zero-order chi connectivity index (χ0) is 13.7. The first kappa shape index (κ1) is 14.1. The van der Waals surface area contributed by atoms with Gasteiger partial charge in [-0.2, -0.15) is 0 Å². The molecule has 3 heteroatoms. The smallest absolute Gasteiger partial charge is 0.246 e. The van der Waals surface area contributed by atoms with Gasteiger partial charge in [0.05, 0.1) is 11.6 Å². The lowest BCUT2D eigenvalue weighted by molar-refractivity contribution is -0.129. The fraction of sp³-hybridized carbons (Fsp3) is 0.562. The summed E-state index contributed by atoms with van der Waals surface area (Å²) in [6, 6.07) is 10.00. The first-order valence-electron chi connectivity index (χ1n) is 7.06. The molecule has 0 bridgehead atoms. The Morgan fingerprint density at radius 2 is 1.89 bits per heavy atom. The molecule has 19 heavy (non-hydrogen) atoms. The van der Waals surface area contributed by atoms with Crippen molar-refractivity contribution in [3.63, 3.8) is 0 Å². The van der Waals surface area contributed by atoms with Gasteiger partial charge < -0.3 is 10.1 Å². The molecule has 0 spiro atoms. The molecule has 0 aliphatic heterocycles. The van der Waals surface area contributed by atoms with Crippen molar-refractivity contribution in [2.45, 2.75) is 51.2 Å². The number of ether oxygens (including phenoxy) is 1. The highest BCUT2D eigenvalue weighted by Gasteiger charge is 2.23. The lowest BCUT2D eigenvalue weighted by Crippen LogP contribution is -2.43. The van der Waals surface area contributed by atoms with E-state index >= 15 is 0 Å². The topological polar surface area (TPSA) is 38.3 Å². The molecule has 1 saturated carbocycles. The SMILES string of the molecule is CC(C)(NC(=O)COC1CCCC1)c1ccccc1.